The summed E-state index contributed by atoms with van der Waals surface area (Å²) < 4.78 is 0. The van der Waals surface area contributed by atoms with E-state index in [4.69, 9.17) is 0 Å². The molecule has 1 rings (SSSR count). The number of hydrogen-bond acceptors (Lipinski definition) is 1. The topological polar surface area (TPSA) is 0 Å². The van der Waals surface area contributed by atoms with Crippen molar-refractivity contribution in [2.24, 2.45) is 0 Å². The van der Waals surface area contributed by atoms with Gasteiger partial charge >= 0.3 is 0 Å². The number of unbranched alkanes of at least 4 members (excludes halogenated alkanes) is 2. The highest BCUT2D eigenvalue weighted by molar-refractivity contribution is 7.10. The third-order valence-electron chi connectivity index (χ3n) is 3.15. The van der Waals surface area contributed by atoms with Gasteiger partial charge in [0.15, 0.2) is 0 Å². The van der Waals surface area contributed by atoms with Gasteiger partial charge in [0, 0.05) is 4.88 Å². The fourth-order valence-corrected chi connectivity index (χ4v) is 2.96. The highest BCUT2D eigenvalue weighted by Gasteiger charge is 2.13. The molecule has 0 bridgehead atoms. The summed E-state index contributed by atoms with van der Waals surface area (Å²) >= 11 is 1.90. The molecule has 0 unspecified atom stereocenters. The van der Waals surface area contributed by atoms with Gasteiger partial charge in [-0.25, -0.2) is 0 Å². The fraction of sp³-hybridized carbons (Fsp3) is 0.714. The van der Waals surface area contributed by atoms with Crippen LogP contribution < -0.4 is 0 Å². The molecule has 1 heteroatoms. The van der Waals surface area contributed by atoms with Gasteiger partial charge in [-0.1, -0.05) is 39.5 Å². The SMILES string of the molecule is CCCCC(CCCC)c1ccsc1C. The van der Waals surface area contributed by atoms with Crippen molar-refractivity contribution < 1.29 is 0 Å². The summed E-state index contributed by atoms with van der Waals surface area (Å²) in [6, 6.07) is 2.34. The number of thiophene rings is 1. The lowest BCUT2D eigenvalue weighted by atomic mass is 9.89. The second-order valence-electron chi connectivity index (χ2n) is 4.41. The van der Waals surface area contributed by atoms with E-state index in [9.17, 15) is 0 Å². The van der Waals surface area contributed by atoms with Crippen molar-refractivity contribution in [2.75, 3.05) is 0 Å². The van der Waals surface area contributed by atoms with Crippen LogP contribution in [0, 0.1) is 6.92 Å². The zero-order valence-corrected chi connectivity index (χ0v) is 11.2. The van der Waals surface area contributed by atoms with Crippen molar-refractivity contribution in [1.82, 2.24) is 0 Å². The molecule has 0 aliphatic heterocycles. The molecule has 1 aromatic rings. The van der Waals surface area contributed by atoms with E-state index in [1.165, 1.54) is 43.4 Å². The Labute approximate surface area is 98.7 Å². The van der Waals surface area contributed by atoms with Crippen LogP contribution in [-0.2, 0) is 0 Å². The summed E-state index contributed by atoms with van der Waals surface area (Å²) in [5.41, 5.74) is 1.63. The van der Waals surface area contributed by atoms with E-state index in [2.05, 4.69) is 32.2 Å². The van der Waals surface area contributed by atoms with Crippen LogP contribution in [0.25, 0.3) is 0 Å². The van der Waals surface area contributed by atoms with Crippen molar-refractivity contribution in [2.45, 2.75) is 65.2 Å². The average Bonchev–Trinajstić information content (AvgIpc) is 2.65. The molecule has 1 aromatic heterocycles. The molecule has 0 fully saturated rings. The number of hydrogen-bond donors (Lipinski definition) is 0. The van der Waals surface area contributed by atoms with Gasteiger partial charge < -0.3 is 0 Å². The van der Waals surface area contributed by atoms with Crippen LogP contribution in [0.4, 0.5) is 0 Å². The second-order valence-corrected chi connectivity index (χ2v) is 5.53. The van der Waals surface area contributed by atoms with Gasteiger partial charge in [-0.3, -0.25) is 0 Å². The minimum absolute atomic E-state index is 0.830. The van der Waals surface area contributed by atoms with Crippen LogP contribution in [0.15, 0.2) is 11.4 Å². The van der Waals surface area contributed by atoms with Crippen molar-refractivity contribution in [1.29, 1.82) is 0 Å². The van der Waals surface area contributed by atoms with Crippen molar-refractivity contribution >= 4 is 11.3 Å². The Morgan fingerprint density at radius 3 is 2.13 bits per heavy atom. The van der Waals surface area contributed by atoms with E-state index in [0.29, 0.717) is 0 Å². The van der Waals surface area contributed by atoms with Gasteiger partial charge in [-0.05, 0) is 42.7 Å². The van der Waals surface area contributed by atoms with Crippen molar-refractivity contribution in [3.05, 3.63) is 21.9 Å². The van der Waals surface area contributed by atoms with Crippen LogP contribution in [0.1, 0.15) is 68.7 Å². The molecular weight excluding hydrogens is 200 g/mol. The lowest BCUT2D eigenvalue weighted by molar-refractivity contribution is 0.524. The molecule has 0 aliphatic carbocycles. The summed E-state index contributed by atoms with van der Waals surface area (Å²) in [7, 11) is 0. The van der Waals surface area contributed by atoms with Gasteiger partial charge in [0.2, 0.25) is 0 Å². The summed E-state index contributed by atoms with van der Waals surface area (Å²) in [5.74, 6) is 0.830. The first kappa shape index (κ1) is 12.8. The van der Waals surface area contributed by atoms with E-state index in [1.807, 2.05) is 11.3 Å². The lowest BCUT2D eigenvalue weighted by Gasteiger charge is -2.16. The average molecular weight is 224 g/mol. The summed E-state index contributed by atoms with van der Waals surface area (Å²) in [5, 5.41) is 2.25. The first-order valence-corrected chi connectivity index (χ1v) is 7.21. The van der Waals surface area contributed by atoms with Crippen LogP contribution in [0.3, 0.4) is 0 Å². The van der Waals surface area contributed by atoms with Crippen LogP contribution in [0.5, 0.6) is 0 Å². The second kappa shape index (κ2) is 7.05. The monoisotopic (exact) mass is 224 g/mol. The minimum atomic E-state index is 0.830. The highest BCUT2D eigenvalue weighted by atomic mass is 32.1. The van der Waals surface area contributed by atoms with Gasteiger partial charge in [-0.15, -0.1) is 11.3 Å². The third-order valence-corrected chi connectivity index (χ3v) is 4.01. The normalized spacial score (nSPS) is 11.2. The Morgan fingerprint density at radius 1 is 1.13 bits per heavy atom. The van der Waals surface area contributed by atoms with Gasteiger partial charge in [0.05, 0.1) is 0 Å². The molecule has 0 nitrogen and oxygen atoms in total. The molecule has 0 saturated carbocycles. The van der Waals surface area contributed by atoms with Gasteiger partial charge in [-0.2, -0.15) is 0 Å². The molecule has 1 heterocycles. The standard InChI is InChI=1S/C14H24S/c1-4-6-8-13(9-7-5-2)14-10-11-15-12(14)3/h10-11,13H,4-9H2,1-3H3. The zero-order chi connectivity index (χ0) is 11.1. The molecule has 0 amide bonds. The van der Waals surface area contributed by atoms with Crippen LogP contribution >= 0.6 is 11.3 Å². The first-order valence-electron chi connectivity index (χ1n) is 6.33. The number of aryl methyl sites for hydroxylation is 1. The minimum Gasteiger partial charge on any atom is -0.149 e. The third kappa shape index (κ3) is 3.98. The Bertz CT molecular complexity index is 254. The van der Waals surface area contributed by atoms with Gasteiger partial charge in [0.25, 0.3) is 0 Å². The molecule has 15 heavy (non-hydrogen) atoms. The highest BCUT2D eigenvalue weighted by Crippen LogP contribution is 2.32. The van der Waals surface area contributed by atoms with Crippen LogP contribution in [-0.4, -0.2) is 0 Å². The molecule has 0 radical (unpaired) electrons. The van der Waals surface area contributed by atoms with E-state index >= 15 is 0 Å². The van der Waals surface area contributed by atoms with Crippen molar-refractivity contribution in [3.63, 3.8) is 0 Å². The molecule has 0 spiro atoms. The Balaban J connectivity index is 2.58. The molecule has 0 atom stereocenters. The maximum atomic E-state index is 2.34. The van der Waals surface area contributed by atoms with E-state index < -0.39 is 0 Å². The maximum Gasteiger partial charge on any atom is 0.00490 e. The molecule has 0 N–H and O–H groups in total. The largest absolute Gasteiger partial charge is 0.149 e. The molecular formula is C14H24S. The summed E-state index contributed by atoms with van der Waals surface area (Å²) in [4.78, 5) is 1.53. The zero-order valence-electron chi connectivity index (χ0n) is 10.4. The number of rotatable bonds is 7. The smallest absolute Gasteiger partial charge is 0.00490 e. The molecule has 0 aliphatic rings. The quantitative estimate of drug-likeness (QED) is 0.572. The summed E-state index contributed by atoms with van der Waals surface area (Å²) in [6.07, 6.45) is 8.17. The predicted molar refractivity (Wildman–Crippen MR) is 70.8 cm³/mol. The predicted octanol–water partition coefficient (Wildman–Crippen LogP) is 5.52. The Hall–Kier alpha value is -0.300. The van der Waals surface area contributed by atoms with Crippen molar-refractivity contribution in [3.8, 4) is 0 Å². The molecule has 0 aromatic carbocycles. The van der Waals surface area contributed by atoms with Crippen LogP contribution in [0.2, 0.25) is 0 Å². The Kier molecular flexibility index (Phi) is 6.00. The molecule has 0 saturated heterocycles. The summed E-state index contributed by atoms with van der Waals surface area (Å²) in [6.45, 7) is 6.85. The first-order chi connectivity index (χ1) is 7.29. The Morgan fingerprint density at radius 2 is 1.73 bits per heavy atom. The van der Waals surface area contributed by atoms with Gasteiger partial charge in [0.1, 0.15) is 0 Å². The fourth-order valence-electron chi connectivity index (χ4n) is 2.17. The van der Waals surface area contributed by atoms with E-state index in [-0.39, 0.29) is 0 Å². The molecule has 86 valence electrons. The lowest BCUT2D eigenvalue weighted by Crippen LogP contribution is -1.99. The van der Waals surface area contributed by atoms with E-state index in [1.54, 1.807) is 5.56 Å². The van der Waals surface area contributed by atoms with E-state index in [0.717, 1.165) is 5.92 Å². The maximum absolute atomic E-state index is 2.34.